The Morgan fingerprint density at radius 1 is 1.33 bits per heavy atom. The second-order valence-corrected chi connectivity index (χ2v) is 4.88. The predicted molar refractivity (Wildman–Crippen MR) is 60.6 cm³/mol. The molecule has 1 saturated carbocycles. The van der Waals surface area contributed by atoms with Gasteiger partial charge in [-0.2, -0.15) is 0 Å². The van der Waals surface area contributed by atoms with Gasteiger partial charge in [-0.1, -0.05) is 13.8 Å². The Morgan fingerprint density at radius 3 is 2.53 bits per heavy atom. The van der Waals surface area contributed by atoms with Gasteiger partial charge in [0.25, 0.3) is 0 Å². The molecule has 0 radical (unpaired) electrons. The number of hydrogen-bond donors (Lipinski definition) is 1. The number of carbonyl (C=O) groups excluding carboxylic acids is 1. The summed E-state index contributed by atoms with van der Waals surface area (Å²) in [6, 6.07) is 0.297. The van der Waals surface area contributed by atoms with Crippen LogP contribution in [-0.2, 0) is 9.53 Å². The van der Waals surface area contributed by atoms with Crippen molar-refractivity contribution in [3.63, 3.8) is 0 Å². The molecule has 1 aliphatic carbocycles. The van der Waals surface area contributed by atoms with Gasteiger partial charge in [0.15, 0.2) is 0 Å². The maximum Gasteiger partial charge on any atom is 0.322 e. The summed E-state index contributed by atoms with van der Waals surface area (Å²) in [5.41, 5.74) is 0. The second-order valence-electron chi connectivity index (χ2n) is 4.88. The molecule has 0 saturated heterocycles. The Morgan fingerprint density at radius 2 is 2.00 bits per heavy atom. The van der Waals surface area contributed by atoms with E-state index in [0.717, 1.165) is 11.8 Å². The van der Waals surface area contributed by atoms with Crippen LogP contribution in [0.5, 0.6) is 0 Å². The van der Waals surface area contributed by atoms with Gasteiger partial charge in [-0.15, -0.1) is 0 Å². The molecule has 1 N–H and O–H groups in total. The molecule has 3 heteroatoms. The Balaban J connectivity index is 2.36. The molecule has 3 nitrogen and oxygen atoms in total. The summed E-state index contributed by atoms with van der Waals surface area (Å²) in [5.74, 6) is 1.40. The minimum absolute atomic E-state index is 0.165. The molecule has 0 heterocycles. The number of nitrogens with one attached hydrogen (secondary N) is 1. The lowest BCUT2D eigenvalue weighted by atomic mass is 9.79. The molecule has 4 atom stereocenters. The van der Waals surface area contributed by atoms with E-state index in [0.29, 0.717) is 6.04 Å². The number of rotatable bonds is 3. The highest BCUT2D eigenvalue weighted by Gasteiger charge is 2.26. The number of carbonyl (C=O) groups is 1. The lowest BCUT2D eigenvalue weighted by Crippen LogP contribution is -2.44. The van der Waals surface area contributed by atoms with E-state index in [2.05, 4.69) is 19.2 Å². The number of methoxy groups -OCH3 is 1. The zero-order valence-electron chi connectivity index (χ0n) is 10.2. The molecule has 0 aromatic heterocycles. The summed E-state index contributed by atoms with van der Waals surface area (Å²) < 4.78 is 4.70. The van der Waals surface area contributed by atoms with Crippen LogP contribution in [0.25, 0.3) is 0 Å². The summed E-state index contributed by atoms with van der Waals surface area (Å²) in [5, 5.41) is 3.35. The topological polar surface area (TPSA) is 38.3 Å². The molecule has 1 aliphatic rings. The maximum absolute atomic E-state index is 11.2. The standard InChI is InChI=1S/C12H23NO2/c1-8-5-6-11(7-9(8)2)13-10(3)12(14)15-4/h8-11,13H,5-7H2,1-4H3. The first-order chi connectivity index (χ1) is 7.04. The molecule has 0 spiro atoms. The van der Waals surface area contributed by atoms with Crippen LogP contribution in [0.4, 0.5) is 0 Å². The lowest BCUT2D eigenvalue weighted by molar-refractivity contribution is -0.143. The monoisotopic (exact) mass is 213 g/mol. The Kier molecular flexibility index (Phi) is 4.58. The average molecular weight is 213 g/mol. The summed E-state index contributed by atoms with van der Waals surface area (Å²) in [4.78, 5) is 11.2. The molecule has 88 valence electrons. The van der Waals surface area contributed by atoms with Crippen LogP contribution in [0.15, 0.2) is 0 Å². The quantitative estimate of drug-likeness (QED) is 0.728. The molecule has 0 bridgehead atoms. The van der Waals surface area contributed by atoms with Crippen molar-refractivity contribution < 1.29 is 9.53 Å². The van der Waals surface area contributed by atoms with Crippen LogP contribution < -0.4 is 5.32 Å². The van der Waals surface area contributed by atoms with Crippen LogP contribution in [0.3, 0.4) is 0 Å². The van der Waals surface area contributed by atoms with Gasteiger partial charge in [-0.25, -0.2) is 0 Å². The van der Waals surface area contributed by atoms with Crippen LogP contribution in [-0.4, -0.2) is 25.2 Å². The smallest absolute Gasteiger partial charge is 0.322 e. The van der Waals surface area contributed by atoms with E-state index in [-0.39, 0.29) is 12.0 Å². The third-order valence-electron chi connectivity index (χ3n) is 3.64. The molecule has 0 aromatic rings. The van der Waals surface area contributed by atoms with Crippen molar-refractivity contribution in [1.29, 1.82) is 0 Å². The van der Waals surface area contributed by atoms with Gasteiger partial charge >= 0.3 is 5.97 Å². The Hall–Kier alpha value is -0.570. The van der Waals surface area contributed by atoms with Crippen molar-refractivity contribution in [2.75, 3.05) is 7.11 Å². The Bertz CT molecular complexity index is 218. The van der Waals surface area contributed by atoms with Gasteiger partial charge in [0, 0.05) is 6.04 Å². The first-order valence-electron chi connectivity index (χ1n) is 5.88. The minimum atomic E-state index is -0.180. The van der Waals surface area contributed by atoms with E-state index in [1.165, 1.54) is 26.4 Å². The molecule has 0 amide bonds. The average Bonchev–Trinajstić information content (AvgIpc) is 2.22. The third kappa shape index (κ3) is 3.49. The molecular formula is C12H23NO2. The van der Waals surface area contributed by atoms with E-state index in [9.17, 15) is 4.79 Å². The summed E-state index contributed by atoms with van der Waals surface area (Å²) in [6.07, 6.45) is 3.60. The minimum Gasteiger partial charge on any atom is -0.468 e. The van der Waals surface area contributed by atoms with Crippen LogP contribution in [0.1, 0.15) is 40.0 Å². The molecule has 1 fully saturated rings. The van der Waals surface area contributed by atoms with Crippen LogP contribution in [0, 0.1) is 11.8 Å². The number of hydrogen-bond acceptors (Lipinski definition) is 3. The summed E-state index contributed by atoms with van der Waals surface area (Å²) in [6.45, 7) is 6.47. The molecular weight excluding hydrogens is 190 g/mol. The molecule has 0 aliphatic heterocycles. The first kappa shape index (κ1) is 12.5. The fourth-order valence-electron chi connectivity index (χ4n) is 2.30. The maximum atomic E-state index is 11.2. The largest absolute Gasteiger partial charge is 0.468 e. The summed E-state index contributed by atoms with van der Waals surface area (Å²) in [7, 11) is 1.44. The summed E-state index contributed by atoms with van der Waals surface area (Å²) >= 11 is 0. The van der Waals surface area contributed by atoms with Crippen molar-refractivity contribution in [2.45, 2.75) is 52.1 Å². The van der Waals surface area contributed by atoms with Crippen molar-refractivity contribution in [2.24, 2.45) is 11.8 Å². The predicted octanol–water partition coefficient (Wildman–Crippen LogP) is 1.96. The fraction of sp³-hybridized carbons (Fsp3) is 0.917. The highest BCUT2D eigenvalue weighted by Crippen LogP contribution is 2.29. The molecule has 15 heavy (non-hydrogen) atoms. The van der Waals surface area contributed by atoms with E-state index < -0.39 is 0 Å². The fourth-order valence-corrected chi connectivity index (χ4v) is 2.30. The van der Waals surface area contributed by atoms with E-state index in [1.807, 2.05) is 6.92 Å². The highest BCUT2D eigenvalue weighted by molar-refractivity contribution is 5.75. The van der Waals surface area contributed by atoms with Gasteiger partial charge in [-0.05, 0) is 38.0 Å². The third-order valence-corrected chi connectivity index (χ3v) is 3.64. The van der Waals surface area contributed by atoms with E-state index in [4.69, 9.17) is 4.74 Å². The lowest BCUT2D eigenvalue weighted by Gasteiger charge is -2.33. The van der Waals surface area contributed by atoms with Gasteiger partial charge in [-0.3, -0.25) is 4.79 Å². The van der Waals surface area contributed by atoms with Crippen molar-refractivity contribution in [3.8, 4) is 0 Å². The molecule has 0 aromatic carbocycles. The normalized spacial score (nSPS) is 33.5. The van der Waals surface area contributed by atoms with Gasteiger partial charge in [0.1, 0.15) is 6.04 Å². The van der Waals surface area contributed by atoms with Gasteiger partial charge in [0.05, 0.1) is 7.11 Å². The highest BCUT2D eigenvalue weighted by atomic mass is 16.5. The Labute approximate surface area is 92.6 Å². The zero-order valence-corrected chi connectivity index (χ0v) is 10.2. The van der Waals surface area contributed by atoms with Crippen LogP contribution >= 0.6 is 0 Å². The van der Waals surface area contributed by atoms with Crippen molar-refractivity contribution in [1.82, 2.24) is 5.32 Å². The van der Waals surface area contributed by atoms with Crippen LogP contribution in [0.2, 0.25) is 0 Å². The zero-order chi connectivity index (χ0) is 11.4. The SMILES string of the molecule is COC(=O)C(C)NC1CCC(C)C(C)C1. The second kappa shape index (κ2) is 5.50. The molecule has 4 unspecified atom stereocenters. The van der Waals surface area contributed by atoms with Crippen molar-refractivity contribution >= 4 is 5.97 Å². The number of esters is 1. The number of ether oxygens (including phenoxy) is 1. The van der Waals surface area contributed by atoms with Gasteiger partial charge < -0.3 is 10.1 Å². The van der Waals surface area contributed by atoms with Gasteiger partial charge in [0.2, 0.25) is 0 Å². The molecule has 1 rings (SSSR count). The first-order valence-corrected chi connectivity index (χ1v) is 5.88. The van der Waals surface area contributed by atoms with E-state index in [1.54, 1.807) is 0 Å². The van der Waals surface area contributed by atoms with Crippen molar-refractivity contribution in [3.05, 3.63) is 0 Å². The van der Waals surface area contributed by atoms with E-state index >= 15 is 0 Å².